The maximum absolute atomic E-state index is 11.8. The minimum absolute atomic E-state index is 0.289. The van der Waals surface area contributed by atoms with Gasteiger partial charge in [-0.05, 0) is 31.4 Å². The number of carbonyl (C=O) groups is 1. The molecule has 110 valence electrons. The molecule has 6 nitrogen and oxygen atoms in total. The fourth-order valence-corrected chi connectivity index (χ4v) is 2.87. The minimum Gasteiger partial charge on any atom is -0.368 e. The molecule has 1 saturated heterocycles. The van der Waals surface area contributed by atoms with Crippen molar-refractivity contribution in [3.8, 4) is 0 Å². The Balaban J connectivity index is 2.15. The number of piperidine rings is 1. The molecule has 0 bridgehead atoms. The molecule has 1 amide bonds. The Morgan fingerprint density at radius 1 is 1.33 bits per heavy atom. The van der Waals surface area contributed by atoms with Gasteiger partial charge in [0.15, 0.2) is 0 Å². The zero-order valence-corrected chi connectivity index (χ0v) is 12.0. The lowest BCUT2D eigenvalue weighted by molar-refractivity contribution is -0.119. The third-order valence-electron chi connectivity index (χ3n) is 3.91. The number of primary amides is 1. The van der Waals surface area contributed by atoms with Crippen LogP contribution in [0.3, 0.4) is 0 Å². The highest BCUT2D eigenvalue weighted by Crippen LogP contribution is 2.30. The van der Waals surface area contributed by atoms with Crippen LogP contribution >= 0.6 is 0 Å². The standard InChI is InChI=1S/C15H19N5O/c1-17-15-18-11-7-3-2-6-10(11)14(19-15)20-9-5-4-8-12(20)13(16)21/h2-3,6-7,12H,4-5,8-9H2,1H3,(H2,16,21)(H,17,18,19). The lowest BCUT2D eigenvalue weighted by atomic mass is 10.0. The van der Waals surface area contributed by atoms with Crippen LogP contribution in [0.5, 0.6) is 0 Å². The molecule has 0 aliphatic carbocycles. The number of carbonyl (C=O) groups excluding carboxylic acids is 1. The number of nitrogens with zero attached hydrogens (tertiary/aromatic N) is 3. The predicted octanol–water partition coefficient (Wildman–Crippen LogP) is 1.52. The number of nitrogens with one attached hydrogen (secondary N) is 1. The van der Waals surface area contributed by atoms with Crippen molar-refractivity contribution in [3.05, 3.63) is 24.3 Å². The Labute approximate surface area is 123 Å². The average Bonchev–Trinajstić information content (AvgIpc) is 2.53. The minimum atomic E-state index is -0.290. The number of amides is 1. The topological polar surface area (TPSA) is 84.1 Å². The third kappa shape index (κ3) is 2.49. The Kier molecular flexibility index (Phi) is 3.60. The zero-order valence-electron chi connectivity index (χ0n) is 12.0. The third-order valence-corrected chi connectivity index (χ3v) is 3.91. The van der Waals surface area contributed by atoms with Gasteiger partial charge in [0.25, 0.3) is 0 Å². The number of para-hydroxylation sites is 1. The second-order valence-corrected chi connectivity index (χ2v) is 5.25. The molecule has 1 aliphatic heterocycles. The molecule has 1 aromatic heterocycles. The molecule has 3 N–H and O–H groups in total. The van der Waals surface area contributed by atoms with Crippen LogP contribution < -0.4 is 16.0 Å². The van der Waals surface area contributed by atoms with Crippen molar-refractivity contribution in [1.82, 2.24) is 9.97 Å². The van der Waals surface area contributed by atoms with Crippen molar-refractivity contribution >= 4 is 28.6 Å². The summed E-state index contributed by atoms with van der Waals surface area (Å²) in [6.07, 6.45) is 2.84. The molecular weight excluding hydrogens is 266 g/mol. The first kappa shape index (κ1) is 13.6. The molecule has 1 atom stereocenters. The van der Waals surface area contributed by atoms with Gasteiger partial charge < -0.3 is 16.0 Å². The molecule has 2 heterocycles. The molecule has 1 aliphatic rings. The molecule has 1 unspecified atom stereocenters. The van der Waals surface area contributed by atoms with Crippen LogP contribution in [0.15, 0.2) is 24.3 Å². The van der Waals surface area contributed by atoms with Crippen LogP contribution in [0.4, 0.5) is 11.8 Å². The van der Waals surface area contributed by atoms with E-state index in [0.29, 0.717) is 5.95 Å². The summed E-state index contributed by atoms with van der Waals surface area (Å²) < 4.78 is 0. The highest BCUT2D eigenvalue weighted by molar-refractivity contribution is 5.93. The quantitative estimate of drug-likeness (QED) is 0.893. The van der Waals surface area contributed by atoms with E-state index < -0.39 is 0 Å². The van der Waals surface area contributed by atoms with E-state index in [1.54, 1.807) is 7.05 Å². The Morgan fingerprint density at radius 2 is 2.14 bits per heavy atom. The van der Waals surface area contributed by atoms with Crippen LogP contribution in [0, 0.1) is 0 Å². The van der Waals surface area contributed by atoms with Crippen molar-refractivity contribution < 1.29 is 4.79 Å². The fourth-order valence-electron chi connectivity index (χ4n) is 2.87. The highest BCUT2D eigenvalue weighted by atomic mass is 16.1. The van der Waals surface area contributed by atoms with Crippen LogP contribution in [0.1, 0.15) is 19.3 Å². The summed E-state index contributed by atoms with van der Waals surface area (Å²) in [6.45, 7) is 0.789. The highest BCUT2D eigenvalue weighted by Gasteiger charge is 2.29. The molecule has 0 saturated carbocycles. The molecule has 0 spiro atoms. The Morgan fingerprint density at radius 3 is 2.90 bits per heavy atom. The van der Waals surface area contributed by atoms with Gasteiger partial charge in [-0.25, -0.2) is 4.98 Å². The summed E-state index contributed by atoms with van der Waals surface area (Å²) in [5, 5.41) is 3.93. The van der Waals surface area contributed by atoms with Gasteiger partial charge in [-0.2, -0.15) is 4.98 Å². The van der Waals surface area contributed by atoms with Crippen molar-refractivity contribution in [2.75, 3.05) is 23.8 Å². The monoisotopic (exact) mass is 285 g/mol. The first-order valence-electron chi connectivity index (χ1n) is 7.21. The van der Waals surface area contributed by atoms with E-state index in [4.69, 9.17) is 5.73 Å². The number of anilines is 2. The Hall–Kier alpha value is -2.37. The largest absolute Gasteiger partial charge is 0.368 e. The van der Waals surface area contributed by atoms with E-state index in [9.17, 15) is 4.79 Å². The smallest absolute Gasteiger partial charge is 0.240 e. The number of hydrogen-bond acceptors (Lipinski definition) is 5. The van der Waals surface area contributed by atoms with Crippen molar-refractivity contribution in [2.24, 2.45) is 5.73 Å². The van der Waals surface area contributed by atoms with E-state index in [0.717, 1.165) is 42.5 Å². The van der Waals surface area contributed by atoms with Gasteiger partial charge in [-0.1, -0.05) is 12.1 Å². The first-order valence-corrected chi connectivity index (χ1v) is 7.21. The molecule has 1 aromatic carbocycles. The average molecular weight is 285 g/mol. The van der Waals surface area contributed by atoms with Gasteiger partial charge in [0, 0.05) is 19.0 Å². The summed E-state index contributed by atoms with van der Waals surface area (Å²) in [5.41, 5.74) is 6.43. The van der Waals surface area contributed by atoms with Crippen molar-refractivity contribution in [3.63, 3.8) is 0 Å². The molecule has 2 aromatic rings. The van der Waals surface area contributed by atoms with Crippen molar-refractivity contribution in [1.29, 1.82) is 0 Å². The number of rotatable bonds is 3. The molecule has 1 fully saturated rings. The zero-order chi connectivity index (χ0) is 14.8. The maximum atomic E-state index is 11.8. The van der Waals surface area contributed by atoms with E-state index in [-0.39, 0.29) is 11.9 Å². The second-order valence-electron chi connectivity index (χ2n) is 5.25. The number of nitrogens with two attached hydrogens (primary N) is 1. The number of hydrogen-bond donors (Lipinski definition) is 2. The maximum Gasteiger partial charge on any atom is 0.240 e. The molecule has 0 radical (unpaired) electrons. The molecule has 6 heteroatoms. The summed E-state index contributed by atoms with van der Waals surface area (Å²) in [4.78, 5) is 22.8. The number of aromatic nitrogens is 2. The van der Waals surface area contributed by atoms with Gasteiger partial charge in [0.05, 0.1) is 5.52 Å². The van der Waals surface area contributed by atoms with Gasteiger partial charge in [0.2, 0.25) is 11.9 Å². The number of benzene rings is 1. The fraction of sp³-hybridized carbons (Fsp3) is 0.400. The second kappa shape index (κ2) is 5.55. The van der Waals surface area contributed by atoms with Gasteiger partial charge in [-0.3, -0.25) is 4.79 Å². The van der Waals surface area contributed by atoms with E-state index >= 15 is 0 Å². The van der Waals surface area contributed by atoms with E-state index in [1.807, 2.05) is 29.2 Å². The molecule has 21 heavy (non-hydrogen) atoms. The van der Waals surface area contributed by atoms with Crippen LogP contribution in [-0.4, -0.2) is 35.5 Å². The Bertz CT molecular complexity index is 672. The molecule has 3 rings (SSSR count). The lowest BCUT2D eigenvalue weighted by Crippen LogP contribution is -2.48. The summed E-state index contributed by atoms with van der Waals surface area (Å²) in [5.74, 6) is 1.05. The summed E-state index contributed by atoms with van der Waals surface area (Å²) >= 11 is 0. The van der Waals surface area contributed by atoms with Gasteiger partial charge in [-0.15, -0.1) is 0 Å². The van der Waals surface area contributed by atoms with E-state index in [2.05, 4.69) is 15.3 Å². The summed E-state index contributed by atoms with van der Waals surface area (Å²) in [6, 6.07) is 7.54. The lowest BCUT2D eigenvalue weighted by Gasteiger charge is -2.35. The van der Waals surface area contributed by atoms with Gasteiger partial charge >= 0.3 is 0 Å². The number of fused-ring (bicyclic) bond motifs is 1. The van der Waals surface area contributed by atoms with Crippen LogP contribution in [-0.2, 0) is 4.79 Å². The van der Waals surface area contributed by atoms with Crippen LogP contribution in [0.2, 0.25) is 0 Å². The summed E-state index contributed by atoms with van der Waals surface area (Å²) in [7, 11) is 1.79. The normalized spacial score (nSPS) is 18.7. The van der Waals surface area contributed by atoms with Crippen LogP contribution in [0.25, 0.3) is 10.9 Å². The first-order chi connectivity index (χ1) is 10.2. The van der Waals surface area contributed by atoms with Gasteiger partial charge in [0.1, 0.15) is 11.9 Å². The van der Waals surface area contributed by atoms with E-state index in [1.165, 1.54) is 0 Å². The SMILES string of the molecule is CNc1nc(N2CCCCC2C(N)=O)c2ccccc2n1. The van der Waals surface area contributed by atoms with Crippen molar-refractivity contribution in [2.45, 2.75) is 25.3 Å². The predicted molar refractivity (Wildman–Crippen MR) is 83.3 cm³/mol. The molecular formula is C15H19N5O.